The van der Waals surface area contributed by atoms with Gasteiger partial charge in [0.05, 0.1) is 0 Å². The Morgan fingerprint density at radius 2 is 1.40 bits per heavy atom. The molecule has 0 spiro atoms. The first-order chi connectivity index (χ1) is 9.81. The molecule has 0 saturated heterocycles. The number of hydrogen-bond acceptors (Lipinski definition) is 1. The molecule has 2 aromatic rings. The van der Waals surface area contributed by atoms with Crippen molar-refractivity contribution in [3.8, 4) is 0 Å². The highest BCUT2D eigenvalue weighted by atomic mass is 14.9. The van der Waals surface area contributed by atoms with E-state index >= 15 is 0 Å². The van der Waals surface area contributed by atoms with Crippen molar-refractivity contribution in [2.75, 3.05) is 0 Å². The minimum absolute atomic E-state index is 0.373. The largest absolute Gasteiger partial charge is 0.303 e. The van der Waals surface area contributed by atoms with E-state index in [0.717, 1.165) is 0 Å². The summed E-state index contributed by atoms with van der Waals surface area (Å²) in [6.45, 7) is 4.50. The van der Waals surface area contributed by atoms with Crippen molar-refractivity contribution < 1.29 is 0 Å². The number of nitrogens with one attached hydrogen (secondary N) is 1. The first kappa shape index (κ1) is 14.8. The Morgan fingerprint density at radius 1 is 0.850 bits per heavy atom. The van der Waals surface area contributed by atoms with Crippen molar-refractivity contribution in [3.63, 3.8) is 0 Å². The molecule has 0 fully saturated rings. The molecule has 0 bridgehead atoms. The molecule has 1 nitrogen and oxygen atoms in total. The van der Waals surface area contributed by atoms with Gasteiger partial charge in [0.25, 0.3) is 0 Å². The van der Waals surface area contributed by atoms with E-state index in [4.69, 9.17) is 0 Å². The molecule has 20 heavy (non-hydrogen) atoms. The molecule has 1 N–H and O–H groups in total. The van der Waals surface area contributed by atoms with E-state index in [-0.39, 0.29) is 0 Å². The quantitative estimate of drug-likeness (QED) is 0.720. The first-order valence-electron chi connectivity index (χ1n) is 7.67. The molecule has 0 heterocycles. The van der Waals surface area contributed by atoms with E-state index in [2.05, 4.69) is 79.8 Å². The number of hydrogen-bond donors (Lipinski definition) is 1. The Hall–Kier alpha value is -1.60. The van der Waals surface area contributed by atoms with Crippen LogP contribution in [0.15, 0.2) is 60.7 Å². The summed E-state index contributed by atoms with van der Waals surface area (Å²) in [6.07, 6.45) is 3.69. The van der Waals surface area contributed by atoms with Crippen LogP contribution in [0.25, 0.3) is 0 Å². The second-order valence-electron chi connectivity index (χ2n) is 5.40. The van der Waals surface area contributed by atoms with E-state index in [0.29, 0.717) is 12.1 Å². The van der Waals surface area contributed by atoms with Crippen LogP contribution in [-0.2, 0) is 0 Å². The van der Waals surface area contributed by atoms with Gasteiger partial charge in [-0.1, -0.05) is 80.4 Å². The van der Waals surface area contributed by atoms with Crippen molar-refractivity contribution in [2.45, 2.75) is 45.2 Å². The second kappa shape index (κ2) is 7.86. The standard InChI is InChI=1S/C19H25N/c1-3-4-15-19(18-13-9-6-10-14-18)20-16(2)17-11-7-5-8-12-17/h5-14,16,19-20H,3-4,15H2,1-2H3/t16-,19?/m1/s1. The highest BCUT2D eigenvalue weighted by molar-refractivity contribution is 5.22. The van der Waals surface area contributed by atoms with Crippen molar-refractivity contribution in [1.29, 1.82) is 0 Å². The van der Waals surface area contributed by atoms with Gasteiger partial charge in [-0.05, 0) is 24.5 Å². The molecule has 0 aliphatic carbocycles. The van der Waals surface area contributed by atoms with Gasteiger partial charge in [0.15, 0.2) is 0 Å². The molecule has 0 aliphatic rings. The SMILES string of the molecule is CCCCC(N[C@H](C)c1ccccc1)c1ccccc1. The predicted molar refractivity (Wildman–Crippen MR) is 86.7 cm³/mol. The lowest BCUT2D eigenvalue weighted by Gasteiger charge is -2.24. The van der Waals surface area contributed by atoms with Crippen molar-refractivity contribution in [3.05, 3.63) is 71.8 Å². The van der Waals surface area contributed by atoms with Crippen LogP contribution in [0.1, 0.15) is 56.3 Å². The Kier molecular flexibility index (Phi) is 5.82. The van der Waals surface area contributed by atoms with Gasteiger partial charge in [0, 0.05) is 12.1 Å². The molecule has 0 amide bonds. The minimum Gasteiger partial charge on any atom is -0.303 e. The van der Waals surface area contributed by atoms with Gasteiger partial charge in [0.2, 0.25) is 0 Å². The number of unbranched alkanes of at least 4 members (excludes halogenated alkanes) is 1. The summed E-state index contributed by atoms with van der Waals surface area (Å²) >= 11 is 0. The average Bonchev–Trinajstić information content (AvgIpc) is 2.53. The van der Waals surface area contributed by atoms with E-state index in [1.165, 1.54) is 30.4 Å². The number of benzene rings is 2. The molecular formula is C19H25N. The topological polar surface area (TPSA) is 12.0 Å². The summed E-state index contributed by atoms with van der Waals surface area (Å²) in [5, 5.41) is 3.78. The molecule has 0 saturated carbocycles. The van der Waals surface area contributed by atoms with Gasteiger partial charge >= 0.3 is 0 Å². The third kappa shape index (κ3) is 4.21. The van der Waals surface area contributed by atoms with Crippen LogP contribution >= 0.6 is 0 Å². The zero-order valence-electron chi connectivity index (χ0n) is 12.5. The summed E-state index contributed by atoms with van der Waals surface area (Å²) in [6, 6.07) is 22.3. The van der Waals surface area contributed by atoms with Crippen molar-refractivity contribution >= 4 is 0 Å². The first-order valence-corrected chi connectivity index (χ1v) is 7.67. The maximum Gasteiger partial charge on any atom is 0.0325 e. The highest BCUT2D eigenvalue weighted by Crippen LogP contribution is 2.23. The molecular weight excluding hydrogens is 242 g/mol. The van der Waals surface area contributed by atoms with Gasteiger partial charge < -0.3 is 5.32 Å². The van der Waals surface area contributed by atoms with Crippen LogP contribution in [0.3, 0.4) is 0 Å². The van der Waals surface area contributed by atoms with Crippen molar-refractivity contribution in [1.82, 2.24) is 5.32 Å². The molecule has 0 radical (unpaired) electrons. The van der Waals surface area contributed by atoms with Crippen LogP contribution in [0, 0.1) is 0 Å². The monoisotopic (exact) mass is 267 g/mol. The van der Waals surface area contributed by atoms with E-state index in [9.17, 15) is 0 Å². The van der Waals surface area contributed by atoms with Gasteiger partial charge in [-0.15, -0.1) is 0 Å². The van der Waals surface area contributed by atoms with Crippen LogP contribution in [0.2, 0.25) is 0 Å². The lowest BCUT2D eigenvalue weighted by atomic mass is 9.99. The Balaban J connectivity index is 2.08. The molecule has 2 rings (SSSR count). The fraction of sp³-hybridized carbons (Fsp3) is 0.368. The van der Waals surface area contributed by atoms with Crippen LogP contribution in [-0.4, -0.2) is 0 Å². The van der Waals surface area contributed by atoms with Gasteiger partial charge in [-0.2, -0.15) is 0 Å². The smallest absolute Gasteiger partial charge is 0.0325 e. The van der Waals surface area contributed by atoms with Crippen molar-refractivity contribution in [2.24, 2.45) is 0 Å². The normalized spacial score (nSPS) is 13.9. The fourth-order valence-electron chi connectivity index (χ4n) is 2.58. The maximum atomic E-state index is 3.78. The predicted octanol–water partition coefficient (Wildman–Crippen LogP) is 5.27. The third-order valence-corrected chi connectivity index (χ3v) is 3.80. The zero-order valence-corrected chi connectivity index (χ0v) is 12.5. The van der Waals surface area contributed by atoms with Crippen LogP contribution < -0.4 is 5.32 Å². The summed E-state index contributed by atoms with van der Waals surface area (Å²) < 4.78 is 0. The zero-order chi connectivity index (χ0) is 14.2. The lowest BCUT2D eigenvalue weighted by Crippen LogP contribution is -2.24. The van der Waals surface area contributed by atoms with Gasteiger partial charge in [-0.25, -0.2) is 0 Å². The maximum absolute atomic E-state index is 3.78. The molecule has 1 heteroatoms. The minimum atomic E-state index is 0.373. The third-order valence-electron chi connectivity index (χ3n) is 3.80. The fourth-order valence-corrected chi connectivity index (χ4v) is 2.58. The summed E-state index contributed by atoms with van der Waals surface area (Å²) in [5.41, 5.74) is 2.74. The molecule has 0 aliphatic heterocycles. The summed E-state index contributed by atoms with van der Waals surface area (Å²) in [7, 11) is 0. The van der Waals surface area contributed by atoms with E-state index in [1.54, 1.807) is 0 Å². The van der Waals surface area contributed by atoms with Gasteiger partial charge in [0.1, 0.15) is 0 Å². The second-order valence-corrected chi connectivity index (χ2v) is 5.40. The average molecular weight is 267 g/mol. The molecule has 2 aromatic carbocycles. The summed E-state index contributed by atoms with van der Waals surface area (Å²) in [4.78, 5) is 0. The molecule has 1 unspecified atom stereocenters. The van der Waals surface area contributed by atoms with E-state index < -0.39 is 0 Å². The van der Waals surface area contributed by atoms with E-state index in [1.807, 2.05) is 0 Å². The summed E-state index contributed by atoms with van der Waals surface area (Å²) in [5.74, 6) is 0. The van der Waals surface area contributed by atoms with Crippen LogP contribution in [0.5, 0.6) is 0 Å². The molecule has 2 atom stereocenters. The molecule has 0 aromatic heterocycles. The highest BCUT2D eigenvalue weighted by Gasteiger charge is 2.14. The Labute approximate surface area is 123 Å². The van der Waals surface area contributed by atoms with Crippen LogP contribution in [0.4, 0.5) is 0 Å². The van der Waals surface area contributed by atoms with Gasteiger partial charge in [-0.3, -0.25) is 0 Å². The molecule has 106 valence electrons. The Morgan fingerprint density at radius 3 is 1.95 bits per heavy atom. The lowest BCUT2D eigenvalue weighted by molar-refractivity contribution is 0.431. The number of rotatable bonds is 7. The Bertz CT molecular complexity index is 478.